The molecule has 0 radical (unpaired) electrons. The van der Waals surface area contributed by atoms with E-state index in [9.17, 15) is 4.79 Å². The first-order valence-corrected chi connectivity index (χ1v) is 7.85. The van der Waals surface area contributed by atoms with Gasteiger partial charge in [-0.05, 0) is 42.0 Å². The Labute approximate surface area is 121 Å². The Morgan fingerprint density at radius 1 is 1.50 bits per heavy atom. The van der Waals surface area contributed by atoms with E-state index in [4.69, 9.17) is 4.74 Å². The van der Waals surface area contributed by atoms with Crippen LogP contribution in [0.4, 0.5) is 0 Å². The highest BCUT2D eigenvalue weighted by Gasteiger charge is 2.53. The number of hydrogen-bond acceptors (Lipinski definition) is 7. The zero-order valence-electron chi connectivity index (χ0n) is 11.7. The Kier molecular flexibility index (Phi) is 3.68. The normalized spacial score (nSPS) is 21.5. The number of hydrogen-bond donors (Lipinski definition) is 1. The molecule has 2 saturated carbocycles. The molecule has 0 aliphatic heterocycles. The molecule has 1 unspecified atom stereocenters. The van der Waals surface area contributed by atoms with Gasteiger partial charge in [0.05, 0.1) is 7.11 Å². The van der Waals surface area contributed by atoms with Crippen LogP contribution in [0.25, 0.3) is 0 Å². The maximum absolute atomic E-state index is 12.4. The molecule has 1 aromatic rings. The maximum atomic E-state index is 12.4. The van der Waals surface area contributed by atoms with E-state index in [1.54, 1.807) is 11.7 Å². The minimum absolute atomic E-state index is 0.158. The number of methoxy groups -OCH3 is 1. The second-order valence-electron chi connectivity index (χ2n) is 5.53. The predicted molar refractivity (Wildman–Crippen MR) is 73.2 cm³/mol. The summed E-state index contributed by atoms with van der Waals surface area (Å²) in [6.07, 6.45) is 4.43. The van der Waals surface area contributed by atoms with Gasteiger partial charge in [0.1, 0.15) is 5.54 Å². The lowest BCUT2D eigenvalue weighted by Crippen LogP contribution is -2.57. The molecule has 1 aromatic heterocycles. The van der Waals surface area contributed by atoms with Crippen LogP contribution in [0.15, 0.2) is 5.16 Å². The third-order valence-electron chi connectivity index (χ3n) is 3.87. The van der Waals surface area contributed by atoms with Crippen LogP contribution in [-0.4, -0.2) is 50.6 Å². The van der Waals surface area contributed by atoms with Crippen LogP contribution in [0.2, 0.25) is 0 Å². The van der Waals surface area contributed by atoms with Crippen molar-refractivity contribution in [2.75, 3.05) is 12.9 Å². The van der Waals surface area contributed by atoms with Crippen LogP contribution in [0.1, 0.15) is 25.7 Å². The SMILES string of the molecule is COC(=O)C(CSc1nnnn1C)(NC1CC1)C1CC1. The van der Waals surface area contributed by atoms with E-state index >= 15 is 0 Å². The number of carbonyl (C=O) groups excluding carboxylic acids is 1. The van der Waals surface area contributed by atoms with Crippen molar-refractivity contribution in [1.82, 2.24) is 25.5 Å². The summed E-state index contributed by atoms with van der Waals surface area (Å²) in [7, 11) is 3.26. The van der Waals surface area contributed by atoms with Gasteiger partial charge in [-0.25, -0.2) is 4.68 Å². The number of nitrogens with one attached hydrogen (secondary N) is 1. The number of aromatic nitrogens is 4. The summed E-state index contributed by atoms with van der Waals surface area (Å²) in [5.41, 5.74) is -0.591. The average molecular weight is 297 g/mol. The first-order valence-electron chi connectivity index (χ1n) is 6.87. The molecule has 8 heteroatoms. The molecule has 1 heterocycles. The van der Waals surface area contributed by atoms with Crippen molar-refractivity contribution in [3.63, 3.8) is 0 Å². The van der Waals surface area contributed by atoms with E-state index in [1.165, 1.54) is 18.9 Å². The minimum atomic E-state index is -0.591. The molecule has 2 aliphatic rings. The van der Waals surface area contributed by atoms with E-state index < -0.39 is 5.54 Å². The van der Waals surface area contributed by atoms with Crippen molar-refractivity contribution >= 4 is 17.7 Å². The lowest BCUT2D eigenvalue weighted by Gasteiger charge is -2.32. The highest BCUT2D eigenvalue weighted by molar-refractivity contribution is 7.99. The first kappa shape index (κ1) is 13.8. The number of nitrogens with zero attached hydrogens (tertiary/aromatic N) is 4. The quantitative estimate of drug-likeness (QED) is 0.575. The van der Waals surface area contributed by atoms with Crippen LogP contribution >= 0.6 is 11.8 Å². The molecule has 1 atom stereocenters. The van der Waals surface area contributed by atoms with Gasteiger partial charge in [-0.15, -0.1) is 5.10 Å². The Balaban J connectivity index is 1.76. The summed E-state index contributed by atoms with van der Waals surface area (Å²) >= 11 is 1.51. The van der Waals surface area contributed by atoms with Gasteiger partial charge in [0, 0.05) is 18.8 Å². The molecule has 0 bridgehead atoms. The molecule has 7 nitrogen and oxygen atoms in total. The lowest BCUT2D eigenvalue weighted by atomic mass is 9.95. The third kappa shape index (κ3) is 2.67. The molecule has 2 fully saturated rings. The molecular formula is C12H19N5O2S. The molecule has 0 saturated heterocycles. The smallest absolute Gasteiger partial charge is 0.327 e. The minimum Gasteiger partial charge on any atom is -0.468 e. The first-order chi connectivity index (χ1) is 9.65. The summed E-state index contributed by atoms with van der Waals surface area (Å²) < 4.78 is 6.69. The Hall–Kier alpha value is -1.15. The topological polar surface area (TPSA) is 81.9 Å². The summed E-state index contributed by atoms with van der Waals surface area (Å²) in [6.45, 7) is 0. The van der Waals surface area contributed by atoms with Crippen molar-refractivity contribution in [2.45, 2.75) is 42.4 Å². The zero-order chi connectivity index (χ0) is 14.2. The van der Waals surface area contributed by atoms with Crippen LogP contribution in [-0.2, 0) is 16.6 Å². The van der Waals surface area contributed by atoms with Gasteiger partial charge in [-0.2, -0.15) is 0 Å². The summed E-state index contributed by atoms with van der Waals surface area (Å²) in [5, 5.41) is 15.6. The van der Waals surface area contributed by atoms with Gasteiger partial charge in [0.2, 0.25) is 5.16 Å². The number of rotatable bonds is 7. The number of ether oxygens (including phenoxy) is 1. The van der Waals surface area contributed by atoms with Gasteiger partial charge < -0.3 is 4.74 Å². The Morgan fingerprint density at radius 3 is 2.75 bits per heavy atom. The molecule has 110 valence electrons. The summed E-state index contributed by atoms with van der Waals surface area (Å²) in [5.74, 6) is 0.813. The Bertz CT molecular complexity index is 500. The third-order valence-corrected chi connectivity index (χ3v) is 5.08. The maximum Gasteiger partial charge on any atom is 0.327 e. The van der Waals surface area contributed by atoms with E-state index in [2.05, 4.69) is 20.8 Å². The van der Waals surface area contributed by atoms with Gasteiger partial charge in [0.15, 0.2) is 0 Å². The van der Waals surface area contributed by atoms with Crippen molar-refractivity contribution < 1.29 is 9.53 Å². The van der Waals surface area contributed by atoms with Crippen molar-refractivity contribution in [2.24, 2.45) is 13.0 Å². The largest absolute Gasteiger partial charge is 0.468 e. The average Bonchev–Trinajstić information content (AvgIpc) is 3.34. The predicted octanol–water partition coefficient (Wildman–Crippen LogP) is 0.376. The standard InChI is InChI=1S/C12H19N5O2S/c1-17-11(14-15-16-17)20-7-12(8-3-4-8,10(18)19-2)13-9-5-6-9/h8-9,13H,3-7H2,1-2H3. The van der Waals surface area contributed by atoms with Gasteiger partial charge >= 0.3 is 5.97 Å². The van der Waals surface area contributed by atoms with Crippen LogP contribution in [0, 0.1) is 5.92 Å². The molecule has 20 heavy (non-hydrogen) atoms. The fourth-order valence-corrected chi connectivity index (χ4v) is 3.55. The van der Waals surface area contributed by atoms with E-state index in [0.717, 1.165) is 30.8 Å². The summed E-state index contributed by atoms with van der Waals surface area (Å²) in [4.78, 5) is 12.4. The van der Waals surface area contributed by atoms with Gasteiger partial charge in [-0.1, -0.05) is 11.8 Å². The molecule has 1 N–H and O–H groups in total. The molecule has 0 amide bonds. The number of esters is 1. The zero-order valence-corrected chi connectivity index (χ0v) is 12.5. The number of aryl methyl sites for hydroxylation is 1. The van der Waals surface area contributed by atoms with E-state index in [1.807, 2.05) is 0 Å². The van der Waals surface area contributed by atoms with E-state index in [0.29, 0.717) is 17.7 Å². The Morgan fingerprint density at radius 2 is 2.25 bits per heavy atom. The number of carbonyl (C=O) groups is 1. The van der Waals surface area contributed by atoms with E-state index in [-0.39, 0.29) is 5.97 Å². The van der Waals surface area contributed by atoms with Crippen LogP contribution in [0.3, 0.4) is 0 Å². The molecule has 3 rings (SSSR count). The van der Waals surface area contributed by atoms with Gasteiger partial charge in [-0.3, -0.25) is 10.1 Å². The van der Waals surface area contributed by atoms with Crippen LogP contribution in [0.5, 0.6) is 0 Å². The second-order valence-corrected chi connectivity index (χ2v) is 6.47. The number of tetrazole rings is 1. The van der Waals surface area contributed by atoms with Crippen molar-refractivity contribution in [1.29, 1.82) is 0 Å². The number of thioether (sulfide) groups is 1. The molecule has 2 aliphatic carbocycles. The van der Waals surface area contributed by atoms with Gasteiger partial charge in [0.25, 0.3) is 0 Å². The molecule has 0 spiro atoms. The highest BCUT2D eigenvalue weighted by Crippen LogP contribution is 2.44. The monoisotopic (exact) mass is 297 g/mol. The second kappa shape index (κ2) is 5.33. The summed E-state index contributed by atoms with van der Waals surface area (Å²) in [6, 6.07) is 0.452. The molecule has 0 aromatic carbocycles. The highest BCUT2D eigenvalue weighted by atomic mass is 32.2. The van der Waals surface area contributed by atoms with Crippen LogP contribution < -0.4 is 5.32 Å². The fourth-order valence-electron chi connectivity index (χ4n) is 2.43. The lowest BCUT2D eigenvalue weighted by molar-refractivity contribution is -0.148. The molecular weight excluding hydrogens is 278 g/mol. The van der Waals surface area contributed by atoms with Crippen molar-refractivity contribution in [3.8, 4) is 0 Å². The fraction of sp³-hybridized carbons (Fsp3) is 0.833. The van der Waals surface area contributed by atoms with Crippen molar-refractivity contribution in [3.05, 3.63) is 0 Å².